The van der Waals surface area contributed by atoms with Gasteiger partial charge in [0.1, 0.15) is 0 Å². The second kappa shape index (κ2) is 3.77. The quantitative estimate of drug-likeness (QED) is 0.704. The molecule has 4 nitrogen and oxygen atoms in total. The first-order valence-electron chi connectivity index (χ1n) is 3.27. The van der Waals surface area contributed by atoms with Gasteiger partial charge < -0.3 is 9.05 Å². The molecular weight excluding hydrogens is 224 g/mol. The molecule has 0 aromatic heterocycles. The van der Waals surface area contributed by atoms with E-state index in [0.29, 0.717) is 0 Å². The molecule has 0 aromatic carbocycles. The highest BCUT2D eigenvalue weighted by molar-refractivity contribution is 7.77. The van der Waals surface area contributed by atoms with Gasteiger partial charge >= 0.3 is 5.40 Å². The van der Waals surface area contributed by atoms with Crippen molar-refractivity contribution in [3.63, 3.8) is 0 Å². The lowest BCUT2D eigenvalue weighted by molar-refractivity contribution is 0.137. The summed E-state index contributed by atoms with van der Waals surface area (Å²) in [6.45, 7) is 1.45. The van der Waals surface area contributed by atoms with Crippen LogP contribution >= 0.6 is 14.7 Å². The van der Waals surface area contributed by atoms with E-state index in [-0.39, 0.29) is 0 Å². The predicted octanol–water partition coefficient (Wildman–Crippen LogP) is 2.65. The number of alkyl halides is 2. The van der Waals surface area contributed by atoms with Crippen LogP contribution in [0.5, 0.6) is 0 Å². The van der Waals surface area contributed by atoms with Gasteiger partial charge in [0.15, 0.2) is 0 Å². The van der Waals surface area contributed by atoms with E-state index in [1.807, 2.05) is 0 Å². The molecule has 0 aromatic rings. The molecule has 0 saturated heterocycles. The fourth-order valence-electron chi connectivity index (χ4n) is 0.550. The second-order valence-electron chi connectivity index (χ2n) is 2.57. The number of rotatable bonds is 4. The van der Waals surface area contributed by atoms with Crippen molar-refractivity contribution in [2.75, 3.05) is 27.5 Å². The molecule has 0 spiro atoms. The third kappa shape index (κ3) is 2.18. The zero-order chi connectivity index (χ0) is 10.9. The van der Waals surface area contributed by atoms with Crippen LogP contribution in [0.3, 0.4) is 0 Å². The Morgan fingerprint density at radius 1 is 1.00 bits per heavy atom. The van der Waals surface area contributed by atoms with Gasteiger partial charge in [0.25, 0.3) is 14.7 Å². The molecule has 80 valence electrons. The molecule has 0 aliphatic carbocycles. The van der Waals surface area contributed by atoms with Gasteiger partial charge in [-0.25, -0.2) is 0 Å². The van der Waals surface area contributed by atoms with Crippen molar-refractivity contribution in [1.29, 1.82) is 0 Å². The molecule has 0 amide bonds. The fourth-order valence-corrected chi connectivity index (χ4v) is 4.12. The SMILES string of the molecule is COP(C)(=O)C(F)(F)P(C)(=O)OC. The van der Waals surface area contributed by atoms with Gasteiger partial charge in [-0.15, -0.1) is 0 Å². The summed E-state index contributed by atoms with van der Waals surface area (Å²) in [5.41, 5.74) is 0. The molecule has 0 rings (SSSR count). The van der Waals surface area contributed by atoms with E-state index in [4.69, 9.17) is 0 Å². The molecule has 2 unspecified atom stereocenters. The Kier molecular flexibility index (Phi) is 3.84. The highest BCUT2D eigenvalue weighted by Crippen LogP contribution is 2.75. The average molecular weight is 236 g/mol. The minimum atomic E-state index is -4.24. The van der Waals surface area contributed by atoms with Gasteiger partial charge in [0.05, 0.1) is 0 Å². The van der Waals surface area contributed by atoms with Crippen LogP contribution in [0.4, 0.5) is 8.78 Å². The molecule has 0 heterocycles. The number of hydrogen-bond acceptors (Lipinski definition) is 4. The number of hydrogen-bond donors (Lipinski definition) is 0. The first-order chi connectivity index (χ1) is 5.62. The molecule has 0 N–H and O–H groups in total. The van der Waals surface area contributed by atoms with E-state index in [0.717, 1.165) is 27.5 Å². The van der Waals surface area contributed by atoms with Crippen LogP contribution in [0.2, 0.25) is 0 Å². The minimum Gasteiger partial charge on any atom is -0.328 e. The van der Waals surface area contributed by atoms with Gasteiger partial charge in [0, 0.05) is 27.5 Å². The topological polar surface area (TPSA) is 52.6 Å². The summed E-state index contributed by atoms with van der Waals surface area (Å²) in [6, 6.07) is 0. The van der Waals surface area contributed by atoms with Gasteiger partial charge in [0.2, 0.25) is 0 Å². The number of halogens is 2. The molecular formula is C5H12F2O4P2. The lowest BCUT2D eigenvalue weighted by atomic mass is 11.6. The maximum Gasteiger partial charge on any atom is 0.393 e. The first kappa shape index (κ1) is 13.2. The highest BCUT2D eigenvalue weighted by Gasteiger charge is 2.60. The molecule has 13 heavy (non-hydrogen) atoms. The second-order valence-corrected chi connectivity index (χ2v) is 8.16. The maximum absolute atomic E-state index is 13.2. The van der Waals surface area contributed by atoms with Crippen LogP contribution in [0, 0.1) is 0 Å². The Morgan fingerprint density at radius 2 is 1.23 bits per heavy atom. The molecule has 2 atom stereocenters. The normalized spacial score (nSPS) is 22.0. The molecule has 0 radical (unpaired) electrons. The Morgan fingerprint density at radius 3 is 1.38 bits per heavy atom. The van der Waals surface area contributed by atoms with Crippen molar-refractivity contribution in [2.45, 2.75) is 5.40 Å². The van der Waals surface area contributed by atoms with Crippen molar-refractivity contribution in [2.24, 2.45) is 0 Å². The zero-order valence-electron chi connectivity index (χ0n) is 7.78. The molecule has 0 saturated carbocycles. The summed E-state index contributed by atoms with van der Waals surface area (Å²) in [4.78, 5) is 0. The monoisotopic (exact) mass is 236 g/mol. The van der Waals surface area contributed by atoms with E-state index in [2.05, 4.69) is 9.05 Å². The molecule has 0 bridgehead atoms. The average Bonchev–Trinajstić information content (AvgIpc) is 2.03. The van der Waals surface area contributed by atoms with Crippen LogP contribution in [0.1, 0.15) is 0 Å². The lowest BCUT2D eigenvalue weighted by Gasteiger charge is -2.26. The Balaban J connectivity index is 5.21. The van der Waals surface area contributed by atoms with Crippen molar-refractivity contribution < 1.29 is 27.0 Å². The summed E-state index contributed by atoms with van der Waals surface area (Å²) in [7, 11) is -6.71. The summed E-state index contributed by atoms with van der Waals surface area (Å²) >= 11 is 0. The van der Waals surface area contributed by atoms with Crippen molar-refractivity contribution in [3.8, 4) is 0 Å². The van der Waals surface area contributed by atoms with Crippen LogP contribution < -0.4 is 0 Å². The molecule has 0 fully saturated rings. The van der Waals surface area contributed by atoms with Gasteiger partial charge in [-0.1, -0.05) is 0 Å². The Hall–Kier alpha value is 0.240. The van der Waals surface area contributed by atoms with Gasteiger partial charge in [-0.2, -0.15) is 8.78 Å². The molecule has 8 heteroatoms. The summed E-state index contributed by atoms with van der Waals surface area (Å²) in [5.74, 6) is 0. The van der Waals surface area contributed by atoms with E-state index < -0.39 is 20.1 Å². The largest absolute Gasteiger partial charge is 0.393 e. The zero-order valence-corrected chi connectivity index (χ0v) is 9.57. The van der Waals surface area contributed by atoms with Crippen molar-refractivity contribution in [1.82, 2.24) is 0 Å². The maximum atomic E-state index is 13.2. The van der Waals surface area contributed by atoms with Crippen LogP contribution in [0.15, 0.2) is 0 Å². The fraction of sp³-hybridized carbons (Fsp3) is 1.00. The van der Waals surface area contributed by atoms with Crippen LogP contribution in [-0.2, 0) is 18.2 Å². The van der Waals surface area contributed by atoms with Gasteiger partial charge in [-0.05, 0) is 0 Å². The van der Waals surface area contributed by atoms with Crippen LogP contribution in [-0.4, -0.2) is 33.0 Å². The molecule has 0 aliphatic rings. The summed E-state index contributed by atoms with van der Waals surface area (Å²) in [5, 5.41) is -3.94. The Labute approximate surface area is 75.5 Å². The predicted molar refractivity (Wildman–Crippen MR) is 46.0 cm³/mol. The smallest absolute Gasteiger partial charge is 0.328 e. The van der Waals surface area contributed by atoms with E-state index >= 15 is 0 Å². The van der Waals surface area contributed by atoms with Crippen molar-refractivity contribution >= 4 is 14.7 Å². The van der Waals surface area contributed by atoms with E-state index in [1.54, 1.807) is 0 Å². The third-order valence-corrected chi connectivity index (χ3v) is 7.20. The van der Waals surface area contributed by atoms with Crippen molar-refractivity contribution in [3.05, 3.63) is 0 Å². The Bertz CT molecular complexity index is 252. The van der Waals surface area contributed by atoms with Gasteiger partial charge in [-0.3, -0.25) is 9.13 Å². The standard InChI is InChI=1S/C5H12F2O4P2/c1-10-12(3,8)5(6,7)13(4,9)11-2/h1-4H3. The van der Waals surface area contributed by atoms with E-state index in [1.165, 1.54) is 0 Å². The van der Waals surface area contributed by atoms with Crippen LogP contribution in [0.25, 0.3) is 0 Å². The highest BCUT2D eigenvalue weighted by atomic mass is 31.2. The first-order valence-corrected chi connectivity index (χ1v) is 7.41. The summed E-state index contributed by atoms with van der Waals surface area (Å²) < 4.78 is 57.1. The van der Waals surface area contributed by atoms with E-state index in [9.17, 15) is 17.9 Å². The molecule has 0 aliphatic heterocycles. The third-order valence-electron chi connectivity index (χ3n) is 1.67. The minimum absolute atomic E-state index is 0.724. The summed E-state index contributed by atoms with van der Waals surface area (Å²) in [6.07, 6.45) is 0. The lowest BCUT2D eigenvalue weighted by Crippen LogP contribution is -2.18.